The maximum Gasteiger partial charge on any atom is 0.261 e. The third-order valence-corrected chi connectivity index (χ3v) is 6.81. The van der Waals surface area contributed by atoms with Crippen LogP contribution in [0.25, 0.3) is 0 Å². The Balaban J connectivity index is 1.58. The normalized spacial score (nSPS) is 11.1. The second-order valence-corrected chi connectivity index (χ2v) is 10.0. The van der Waals surface area contributed by atoms with E-state index in [1.54, 1.807) is 42.5 Å². The minimum Gasteiger partial charge on any atom is -0.494 e. The Bertz CT molecular complexity index is 1200. The topological polar surface area (TPSA) is 84.5 Å². The summed E-state index contributed by atoms with van der Waals surface area (Å²) in [7, 11) is -3.74. The summed E-state index contributed by atoms with van der Waals surface area (Å²) in [5.74, 6) is 0.456. The molecule has 1 amide bonds. The monoisotopic (exact) mass is 480 g/mol. The van der Waals surface area contributed by atoms with Gasteiger partial charge in [-0.3, -0.25) is 9.52 Å². The largest absolute Gasteiger partial charge is 0.494 e. The van der Waals surface area contributed by atoms with Crippen LogP contribution in [0.5, 0.6) is 5.75 Å². The number of aryl methyl sites for hydroxylation is 2. The van der Waals surface area contributed by atoms with E-state index >= 15 is 0 Å². The van der Waals surface area contributed by atoms with Gasteiger partial charge in [-0.1, -0.05) is 43.9 Å². The van der Waals surface area contributed by atoms with Gasteiger partial charge in [-0.15, -0.1) is 0 Å². The summed E-state index contributed by atoms with van der Waals surface area (Å²) in [5.41, 5.74) is 3.44. The highest BCUT2D eigenvalue weighted by Crippen LogP contribution is 2.22. The molecule has 0 aliphatic carbocycles. The van der Waals surface area contributed by atoms with Gasteiger partial charge in [0.15, 0.2) is 0 Å². The molecule has 3 aromatic carbocycles. The minimum absolute atomic E-state index is 0.117. The third kappa shape index (κ3) is 7.09. The number of benzene rings is 3. The van der Waals surface area contributed by atoms with Crippen molar-refractivity contribution in [2.75, 3.05) is 16.6 Å². The molecule has 0 bridgehead atoms. The van der Waals surface area contributed by atoms with Crippen LogP contribution in [-0.4, -0.2) is 20.9 Å². The lowest BCUT2D eigenvalue weighted by molar-refractivity contribution is 0.102. The molecule has 0 aromatic heterocycles. The molecule has 0 saturated carbocycles. The fraction of sp³-hybridized carbons (Fsp3) is 0.296. The molecule has 0 heterocycles. The molecule has 2 N–H and O–H groups in total. The zero-order valence-corrected chi connectivity index (χ0v) is 20.7. The van der Waals surface area contributed by atoms with Crippen LogP contribution in [0.15, 0.2) is 71.6 Å². The predicted octanol–water partition coefficient (Wildman–Crippen LogP) is 6.32. The van der Waals surface area contributed by atoms with Crippen molar-refractivity contribution in [2.24, 2.45) is 0 Å². The van der Waals surface area contributed by atoms with E-state index in [2.05, 4.69) is 17.0 Å². The second kappa shape index (κ2) is 11.7. The average molecular weight is 481 g/mol. The van der Waals surface area contributed by atoms with E-state index in [1.165, 1.54) is 25.0 Å². The second-order valence-electron chi connectivity index (χ2n) is 8.34. The molecule has 6 nitrogen and oxygen atoms in total. The molecule has 0 saturated heterocycles. The van der Waals surface area contributed by atoms with Crippen molar-refractivity contribution in [1.82, 2.24) is 0 Å². The van der Waals surface area contributed by atoms with Crippen molar-refractivity contribution in [2.45, 2.75) is 51.3 Å². The summed E-state index contributed by atoms with van der Waals surface area (Å²) in [6, 6.07) is 18.6. The van der Waals surface area contributed by atoms with Crippen LogP contribution < -0.4 is 14.8 Å². The molecule has 34 heavy (non-hydrogen) atoms. The standard InChI is InChI=1S/C27H32N2O4S/c1-4-5-6-7-18-33-24-13-9-22(10-14-24)27(30)28-23-11-15-25(16-12-23)34(31,32)29-26-17-8-20(2)19-21(26)3/h8-17,19,29H,4-7,18H2,1-3H3,(H,28,30). The number of nitrogens with one attached hydrogen (secondary N) is 2. The molecule has 0 fully saturated rings. The summed E-state index contributed by atoms with van der Waals surface area (Å²) in [6.07, 6.45) is 4.56. The molecule has 3 rings (SSSR count). The SMILES string of the molecule is CCCCCCOc1ccc(C(=O)Nc2ccc(S(=O)(=O)Nc3ccc(C)cc3C)cc2)cc1. The number of hydrogen-bond donors (Lipinski definition) is 2. The number of carbonyl (C=O) groups excluding carboxylic acids is 1. The van der Waals surface area contributed by atoms with Crippen LogP contribution in [0.3, 0.4) is 0 Å². The molecule has 0 atom stereocenters. The quantitative estimate of drug-likeness (QED) is 0.315. The van der Waals surface area contributed by atoms with Crippen LogP contribution in [0.4, 0.5) is 11.4 Å². The van der Waals surface area contributed by atoms with E-state index in [-0.39, 0.29) is 10.8 Å². The Morgan fingerprint density at radius 2 is 1.59 bits per heavy atom. The van der Waals surface area contributed by atoms with Crippen molar-refractivity contribution >= 4 is 27.3 Å². The van der Waals surface area contributed by atoms with Gasteiger partial charge >= 0.3 is 0 Å². The van der Waals surface area contributed by atoms with Crippen LogP contribution in [0.1, 0.15) is 54.1 Å². The lowest BCUT2D eigenvalue weighted by Crippen LogP contribution is -2.14. The first-order chi connectivity index (χ1) is 16.3. The number of unbranched alkanes of at least 4 members (excludes halogenated alkanes) is 3. The van der Waals surface area contributed by atoms with Gasteiger partial charge < -0.3 is 10.1 Å². The Labute approximate surface area is 202 Å². The Morgan fingerprint density at radius 1 is 0.882 bits per heavy atom. The van der Waals surface area contributed by atoms with Crippen LogP contribution >= 0.6 is 0 Å². The average Bonchev–Trinajstić information content (AvgIpc) is 2.81. The van der Waals surface area contributed by atoms with Crippen molar-refractivity contribution in [3.05, 3.63) is 83.4 Å². The van der Waals surface area contributed by atoms with Gasteiger partial charge in [0, 0.05) is 11.3 Å². The number of anilines is 2. The van der Waals surface area contributed by atoms with Crippen molar-refractivity contribution in [3.63, 3.8) is 0 Å². The summed E-state index contributed by atoms with van der Waals surface area (Å²) in [5, 5.41) is 2.79. The predicted molar refractivity (Wildman–Crippen MR) is 137 cm³/mol. The summed E-state index contributed by atoms with van der Waals surface area (Å²) >= 11 is 0. The first-order valence-corrected chi connectivity index (χ1v) is 13.0. The summed E-state index contributed by atoms with van der Waals surface area (Å²) in [6.45, 7) is 6.65. The Hall–Kier alpha value is -3.32. The molecule has 0 spiro atoms. The lowest BCUT2D eigenvalue weighted by Gasteiger charge is -2.12. The molecule has 180 valence electrons. The fourth-order valence-electron chi connectivity index (χ4n) is 3.47. The molecule has 0 aliphatic rings. The van der Waals surface area contributed by atoms with E-state index < -0.39 is 10.0 Å². The number of sulfonamides is 1. The number of ether oxygens (including phenoxy) is 1. The third-order valence-electron chi connectivity index (χ3n) is 5.43. The van der Waals surface area contributed by atoms with E-state index in [1.807, 2.05) is 26.0 Å². The minimum atomic E-state index is -3.74. The summed E-state index contributed by atoms with van der Waals surface area (Å²) < 4.78 is 33.8. The first-order valence-electron chi connectivity index (χ1n) is 11.5. The van der Waals surface area contributed by atoms with Gasteiger partial charge in [-0.2, -0.15) is 0 Å². The highest BCUT2D eigenvalue weighted by Gasteiger charge is 2.16. The van der Waals surface area contributed by atoms with Gasteiger partial charge in [0.05, 0.1) is 17.2 Å². The van der Waals surface area contributed by atoms with Crippen molar-refractivity contribution < 1.29 is 17.9 Å². The molecule has 0 radical (unpaired) electrons. The van der Waals surface area contributed by atoms with Gasteiger partial charge in [0.1, 0.15) is 5.75 Å². The summed E-state index contributed by atoms with van der Waals surface area (Å²) in [4.78, 5) is 12.7. The van der Waals surface area contributed by atoms with E-state index in [4.69, 9.17) is 4.74 Å². The van der Waals surface area contributed by atoms with E-state index in [0.29, 0.717) is 23.5 Å². The van der Waals surface area contributed by atoms with Crippen LogP contribution in [0.2, 0.25) is 0 Å². The molecule has 3 aromatic rings. The number of hydrogen-bond acceptors (Lipinski definition) is 4. The fourth-order valence-corrected chi connectivity index (χ4v) is 4.60. The van der Waals surface area contributed by atoms with E-state index in [9.17, 15) is 13.2 Å². The van der Waals surface area contributed by atoms with Crippen molar-refractivity contribution in [1.29, 1.82) is 0 Å². The highest BCUT2D eigenvalue weighted by molar-refractivity contribution is 7.92. The van der Waals surface area contributed by atoms with Crippen LogP contribution in [-0.2, 0) is 10.0 Å². The number of carbonyl (C=O) groups is 1. The van der Waals surface area contributed by atoms with Gasteiger partial charge in [0.2, 0.25) is 0 Å². The highest BCUT2D eigenvalue weighted by atomic mass is 32.2. The number of amides is 1. The molecule has 7 heteroatoms. The molecule has 0 unspecified atom stereocenters. The smallest absolute Gasteiger partial charge is 0.261 e. The maximum absolute atomic E-state index is 12.7. The Morgan fingerprint density at radius 3 is 2.24 bits per heavy atom. The first kappa shape index (κ1) is 25.3. The number of rotatable bonds is 11. The van der Waals surface area contributed by atoms with Gasteiger partial charge in [-0.25, -0.2) is 8.42 Å². The maximum atomic E-state index is 12.7. The van der Waals surface area contributed by atoms with Gasteiger partial charge in [-0.05, 0) is 80.4 Å². The van der Waals surface area contributed by atoms with Gasteiger partial charge in [0.25, 0.3) is 15.9 Å². The zero-order chi connectivity index (χ0) is 24.6. The van der Waals surface area contributed by atoms with Crippen LogP contribution in [0, 0.1) is 13.8 Å². The lowest BCUT2D eigenvalue weighted by atomic mass is 10.1. The Kier molecular flexibility index (Phi) is 8.71. The van der Waals surface area contributed by atoms with E-state index in [0.717, 1.165) is 29.7 Å². The zero-order valence-electron chi connectivity index (χ0n) is 19.9. The van der Waals surface area contributed by atoms with Crippen molar-refractivity contribution in [3.8, 4) is 5.75 Å². The molecular formula is C27H32N2O4S. The molecule has 0 aliphatic heterocycles. The molecular weight excluding hydrogens is 448 g/mol.